The van der Waals surface area contributed by atoms with Crippen LogP contribution in [-0.4, -0.2) is 30.9 Å². The quantitative estimate of drug-likeness (QED) is 0.860. The number of esters is 1. The van der Waals surface area contributed by atoms with Gasteiger partial charge in [-0.05, 0) is 37.0 Å². The Morgan fingerprint density at radius 2 is 2.05 bits per heavy atom. The molecule has 4 nitrogen and oxygen atoms in total. The Hall–Kier alpha value is -1.62. The van der Waals surface area contributed by atoms with E-state index >= 15 is 0 Å². The van der Waals surface area contributed by atoms with Gasteiger partial charge in [-0.1, -0.05) is 13.0 Å². The van der Waals surface area contributed by atoms with Crippen LogP contribution in [-0.2, 0) is 14.9 Å². The topological polar surface area (TPSA) is 55.8 Å². The number of rotatable bonds is 4. The van der Waals surface area contributed by atoms with Crippen LogP contribution in [0.1, 0.15) is 31.7 Å². The predicted octanol–water partition coefficient (Wildman–Crippen LogP) is 2.18. The standard InChI is InChI=1S/C15H19FO4/c1-4-14(18)8-15(9-14,13(17)20-3)10-5-6-12(19-2)11(16)7-10/h5-7,18H,4,8-9H2,1-3H3. The molecule has 5 heteroatoms. The smallest absolute Gasteiger partial charge is 0.316 e. The third-order valence-corrected chi connectivity index (χ3v) is 4.20. The molecule has 0 saturated heterocycles. The van der Waals surface area contributed by atoms with E-state index in [0.717, 1.165) is 0 Å². The van der Waals surface area contributed by atoms with Gasteiger partial charge in [-0.15, -0.1) is 0 Å². The van der Waals surface area contributed by atoms with Crippen LogP contribution in [0.4, 0.5) is 4.39 Å². The highest BCUT2D eigenvalue weighted by Gasteiger charge is 2.59. The highest BCUT2D eigenvalue weighted by molar-refractivity contribution is 5.85. The van der Waals surface area contributed by atoms with Crippen molar-refractivity contribution in [1.29, 1.82) is 0 Å². The summed E-state index contributed by atoms with van der Waals surface area (Å²) in [6.07, 6.45) is 1.04. The molecule has 0 bridgehead atoms. The van der Waals surface area contributed by atoms with Crippen LogP contribution in [0.5, 0.6) is 5.75 Å². The molecule has 1 saturated carbocycles. The number of carbonyl (C=O) groups excluding carboxylic acids is 1. The third-order valence-electron chi connectivity index (χ3n) is 4.20. The molecular weight excluding hydrogens is 263 g/mol. The van der Waals surface area contributed by atoms with Crippen molar-refractivity contribution < 1.29 is 23.8 Å². The molecule has 1 aromatic rings. The van der Waals surface area contributed by atoms with Gasteiger partial charge in [0.1, 0.15) is 0 Å². The highest BCUT2D eigenvalue weighted by atomic mass is 19.1. The van der Waals surface area contributed by atoms with Crippen molar-refractivity contribution in [1.82, 2.24) is 0 Å². The molecule has 20 heavy (non-hydrogen) atoms. The Morgan fingerprint density at radius 1 is 1.40 bits per heavy atom. The Bertz CT molecular complexity index is 521. The molecule has 1 N–H and O–H groups in total. The first-order valence-corrected chi connectivity index (χ1v) is 6.55. The summed E-state index contributed by atoms with van der Waals surface area (Å²) in [5, 5.41) is 10.2. The maximum Gasteiger partial charge on any atom is 0.316 e. The van der Waals surface area contributed by atoms with Gasteiger partial charge >= 0.3 is 5.97 Å². The van der Waals surface area contributed by atoms with Crippen LogP contribution in [0.25, 0.3) is 0 Å². The van der Waals surface area contributed by atoms with Gasteiger partial charge in [-0.2, -0.15) is 0 Å². The van der Waals surface area contributed by atoms with Gasteiger partial charge in [0.15, 0.2) is 11.6 Å². The molecular formula is C15H19FO4. The van der Waals surface area contributed by atoms with Crippen molar-refractivity contribution in [2.45, 2.75) is 37.2 Å². The summed E-state index contributed by atoms with van der Waals surface area (Å²) in [4.78, 5) is 12.1. The molecule has 1 fully saturated rings. The van der Waals surface area contributed by atoms with E-state index in [2.05, 4.69) is 0 Å². The van der Waals surface area contributed by atoms with E-state index in [1.54, 1.807) is 6.07 Å². The zero-order valence-electron chi connectivity index (χ0n) is 11.9. The van der Waals surface area contributed by atoms with Crippen molar-refractivity contribution >= 4 is 5.97 Å². The number of methoxy groups -OCH3 is 2. The minimum Gasteiger partial charge on any atom is -0.494 e. The second-order valence-corrected chi connectivity index (χ2v) is 5.35. The molecule has 1 aliphatic carbocycles. The fourth-order valence-corrected chi connectivity index (χ4v) is 2.95. The summed E-state index contributed by atoms with van der Waals surface area (Å²) in [5.74, 6) is -0.848. The molecule has 0 radical (unpaired) electrons. The summed E-state index contributed by atoms with van der Waals surface area (Å²) in [5.41, 5.74) is -1.34. The van der Waals surface area contributed by atoms with E-state index in [0.29, 0.717) is 12.0 Å². The molecule has 0 amide bonds. The molecule has 0 spiro atoms. The van der Waals surface area contributed by atoms with E-state index < -0.39 is 22.8 Å². The zero-order valence-corrected chi connectivity index (χ0v) is 11.9. The number of hydrogen-bond donors (Lipinski definition) is 1. The Kier molecular flexibility index (Phi) is 3.73. The SMILES string of the molecule is CCC1(O)CC(C(=O)OC)(c2ccc(OC)c(F)c2)C1. The average Bonchev–Trinajstić information content (AvgIpc) is 2.42. The lowest BCUT2D eigenvalue weighted by Gasteiger charge is -2.51. The van der Waals surface area contributed by atoms with Crippen molar-refractivity contribution in [2.24, 2.45) is 0 Å². The monoisotopic (exact) mass is 282 g/mol. The average molecular weight is 282 g/mol. The maximum absolute atomic E-state index is 13.8. The number of benzene rings is 1. The molecule has 110 valence electrons. The number of ether oxygens (including phenoxy) is 2. The van der Waals surface area contributed by atoms with E-state index in [4.69, 9.17) is 9.47 Å². The van der Waals surface area contributed by atoms with Gasteiger partial charge in [0.25, 0.3) is 0 Å². The number of hydrogen-bond acceptors (Lipinski definition) is 4. The summed E-state index contributed by atoms with van der Waals surface area (Å²) in [6, 6.07) is 4.41. The van der Waals surface area contributed by atoms with Gasteiger partial charge in [-0.25, -0.2) is 4.39 Å². The van der Waals surface area contributed by atoms with E-state index in [1.165, 1.54) is 26.4 Å². The van der Waals surface area contributed by atoms with Gasteiger partial charge in [0, 0.05) is 0 Å². The molecule has 2 rings (SSSR count). The molecule has 0 unspecified atom stereocenters. The molecule has 0 aliphatic heterocycles. The van der Waals surface area contributed by atoms with Crippen LogP contribution in [0, 0.1) is 5.82 Å². The largest absolute Gasteiger partial charge is 0.494 e. The van der Waals surface area contributed by atoms with Crippen molar-refractivity contribution in [3.63, 3.8) is 0 Å². The molecule has 0 aromatic heterocycles. The molecule has 0 heterocycles. The second kappa shape index (κ2) is 5.05. The lowest BCUT2D eigenvalue weighted by atomic mass is 9.55. The van der Waals surface area contributed by atoms with E-state index in [-0.39, 0.29) is 18.6 Å². The number of aliphatic hydroxyl groups is 1. The Balaban J connectivity index is 2.39. The van der Waals surface area contributed by atoms with Gasteiger partial charge < -0.3 is 14.6 Å². The third kappa shape index (κ3) is 2.16. The van der Waals surface area contributed by atoms with Gasteiger partial charge in [0.2, 0.25) is 0 Å². The van der Waals surface area contributed by atoms with E-state index in [9.17, 15) is 14.3 Å². The summed E-state index contributed by atoms with van der Waals surface area (Å²) >= 11 is 0. The van der Waals surface area contributed by atoms with Crippen LogP contribution >= 0.6 is 0 Å². The first kappa shape index (κ1) is 14.8. The maximum atomic E-state index is 13.8. The molecule has 0 atom stereocenters. The first-order valence-electron chi connectivity index (χ1n) is 6.55. The fraction of sp³-hybridized carbons (Fsp3) is 0.533. The Morgan fingerprint density at radius 3 is 2.50 bits per heavy atom. The van der Waals surface area contributed by atoms with Crippen LogP contribution < -0.4 is 4.74 Å². The lowest BCUT2D eigenvalue weighted by molar-refractivity contribution is -0.168. The summed E-state index contributed by atoms with van der Waals surface area (Å²) in [6.45, 7) is 1.86. The summed E-state index contributed by atoms with van der Waals surface area (Å²) in [7, 11) is 2.68. The highest BCUT2D eigenvalue weighted by Crippen LogP contribution is 2.52. The van der Waals surface area contributed by atoms with Crippen LogP contribution in [0.3, 0.4) is 0 Å². The van der Waals surface area contributed by atoms with Crippen molar-refractivity contribution in [3.05, 3.63) is 29.6 Å². The second-order valence-electron chi connectivity index (χ2n) is 5.35. The van der Waals surface area contributed by atoms with Gasteiger partial charge in [0.05, 0.1) is 25.2 Å². The minimum atomic E-state index is -0.966. The first-order chi connectivity index (χ1) is 9.40. The lowest BCUT2D eigenvalue weighted by Crippen LogP contribution is -2.58. The molecule has 1 aliphatic rings. The summed E-state index contributed by atoms with van der Waals surface area (Å²) < 4.78 is 23.6. The fourth-order valence-electron chi connectivity index (χ4n) is 2.95. The predicted molar refractivity (Wildman–Crippen MR) is 71.1 cm³/mol. The normalized spacial score (nSPS) is 28.6. The number of halogens is 1. The van der Waals surface area contributed by atoms with Crippen LogP contribution in [0.15, 0.2) is 18.2 Å². The van der Waals surface area contributed by atoms with Crippen molar-refractivity contribution in [2.75, 3.05) is 14.2 Å². The van der Waals surface area contributed by atoms with Gasteiger partial charge in [-0.3, -0.25) is 4.79 Å². The van der Waals surface area contributed by atoms with Crippen LogP contribution in [0.2, 0.25) is 0 Å². The van der Waals surface area contributed by atoms with E-state index in [1.807, 2.05) is 6.92 Å². The van der Waals surface area contributed by atoms with Crippen molar-refractivity contribution in [3.8, 4) is 5.75 Å². The number of carbonyl (C=O) groups is 1. The molecule has 1 aromatic carbocycles. The minimum absolute atomic E-state index is 0.124. The Labute approximate surface area is 117 Å². The zero-order chi connectivity index (χ0) is 15.0.